The van der Waals surface area contributed by atoms with E-state index in [4.69, 9.17) is 4.42 Å². The maximum Gasteiger partial charge on any atom is 0.314 e. The largest absolute Gasteiger partial charge is 0.415 e. The molecular weight excluding hydrogens is 465 g/mol. The van der Waals surface area contributed by atoms with E-state index in [1.807, 2.05) is 52.9 Å². The van der Waals surface area contributed by atoms with Gasteiger partial charge in [-0.1, -0.05) is 25.1 Å². The predicted molar refractivity (Wildman–Crippen MR) is 128 cm³/mol. The van der Waals surface area contributed by atoms with Crippen molar-refractivity contribution in [2.24, 2.45) is 0 Å². The summed E-state index contributed by atoms with van der Waals surface area (Å²) in [6.45, 7) is 4.33. The Morgan fingerprint density at radius 1 is 1.15 bits per heavy atom. The third-order valence-electron chi connectivity index (χ3n) is 5.31. The van der Waals surface area contributed by atoms with Gasteiger partial charge in [-0.2, -0.15) is 20.5 Å². The maximum atomic E-state index is 14.4. The number of aromatic nitrogens is 2. The van der Waals surface area contributed by atoms with Gasteiger partial charge in [-0.05, 0) is 36.2 Å². The fourth-order valence-electron chi connectivity index (χ4n) is 3.26. The van der Waals surface area contributed by atoms with Gasteiger partial charge < -0.3 is 14.2 Å². The van der Waals surface area contributed by atoms with Crippen LogP contribution in [0, 0.1) is 5.82 Å². The summed E-state index contributed by atoms with van der Waals surface area (Å²) in [6, 6.07) is 12.5. The maximum absolute atomic E-state index is 14.4. The average Bonchev–Trinajstić information content (AvgIpc) is 3.37. The number of rotatable bonds is 7. The highest BCUT2D eigenvalue weighted by Gasteiger charge is 2.18. The van der Waals surface area contributed by atoms with Crippen molar-refractivity contribution in [3.63, 3.8) is 0 Å². The SMILES string of the molecule is CCc1ccc(N(C)Cc2ccc(-c3nnc(C(F)F)o3)cc2F)cc1.O=CN1CCSCC1. The number of hydrogen-bond donors (Lipinski definition) is 0. The second-order valence-corrected chi connectivity index (χ2v) is 8.91. The van der Waals surface area contributed by atoms with Gasteiger partial charge in [-0.15, -0.1) is 10.2 Å². The molecule has 6 nitrogen and oxygen atoms in total. The fraction of sp³-hybridized carbons (Fsp3) is 0.375. The zero-order valence-corrected chi connectivity index (χ0v) is 19.9. The molecule has 4 rings (SSSR count). The molecule has 34 heavy (non-hydrogen) atoms. The lowest BCUT2D eigenvalue weighted by Gasteiger charge is -2.21. The van der Waals surface area contributed by atoms with Crippen LogP contribution in [0.25, 0.3) is 11.5 Å². The molecule has 0 spiro atoms. The highest BCUT2D eigenvalue weighted by atomic mass is 32.2. The lowest BCUT2D eigenvalue weighted by atomic mass is 10.1. The first-order valence-electron chi connectivity index (χ1n) is 10.9. The second kappa shape index (κ2) is 12.5. The van der Waals surface area contributed by atoms with Crippen LogP contribution in [0.2, 0.25) is 0 Å². The smallest absolute Gasteiger partial charge is 0.314 e. The summed E-state index contributed by atoms with van der Waals surface area (Å²) >= 11 is 1.91. The molecule has 1 fully saturated rings. The van der Waals surface area contributed by atoms with E-state index in [1.54, 1.807) is 12.1 Å². The Hall–Kier alpha value is -3.01. The number of halogens is 3. The number of anilines is 1. The summed E-state index contributed by atoms with van der Waals surface area (Å²) in [5.41, 5.74) is 2.95. The van der Waals surface area contributed by atoms with Crippen LogP contribution in [0.5, 0.6) is 0 Å². The molecule has 3 aromatic rings. The number of carbonyl (C=O) groups excluding carboxylic acids is 1. The van der Waals surface area contributed by atoms with Gasteiger partial charge >= 0.3 is 6.43 Å². The van der Waals surface area contributed by atoms with Crippen LogP contribution in [0.15, 0.2) is 46.9 Å². The third-order valence-corrected chi connectivity index (χ3v) is 6.26. The van der Waals surface area contributed by atoms with E-state index >= 15 is 0 Å². The predicted octanol–water partition coefficient (Wildman–Crippen LogP) is 5.20. The second-order valence-electron chi connectivity index (χ2n) is 7.68. The molecule has 0 saturated carbocycles. The molecule has 1 amide bonds. The molecule has 1 aromatic heterocycles. The number of amides is 1. The van der Waals surface area contributed by atoms with Crippen LogP contribution < -0.4 is 4.90 Å². The molecule has 0 atom stereocenters. The zero-order valence-electron chi connectivity index (χ0n) is 19.1. The molecule has 1 aliphatic rings. The highest BCUT2D eigenvalue weighted by molar-refractivity contribution is 7.99. The average molecular weight is 493 g/mol. The number of alkyl halides is 2. The molecule has 0 unspecified atom stereocenters. The Balaban J connectivity index is 0.000000343. The van der Waals surface area contributed by atoms with Crippen LogP contribution >= 0.6 is 11.8 Å². The minimum atomic E-state index is -2.85. The van der Waals surface area contributed by atoms with Crippen molar-refractivity contribution in [2.75, 3.05) is 36.5 Å². The first-order chi connectivity index (χ1) is 16.4. The number of hydrogen-bond acceptors (Lipinski definition) is 6. The number of carbonyl (C=O) groups is 1. The van der Waals surface area contributed by atoms with Crippen molar-refractivity contribution >= 4 is 23.9 Å². The number of thioether (sulfide) groups is 1. The summed E-state index contributed by atoms with van der Waals surface area (Å²) in [4.78, 5) is 13.8. The van der Waals surface area contributed by atoms with Crippen LogP contribution in [-0.2, 0) is 17.8 Å². The standard InChI is InChI=1S/C19H18F3N3O.C5H9NOS/c1-3-12-4-8-15(9-5-12)25(2)11-14-7-6-13(10-16(14)20)18-23-24-19(26-18)17(21)22;7-5-6-1-3-8-4-2-6/h4-10,17H,3,11H2,1-2H3;5H,1-4H2. The minimum absolute atomic E-state index is 0.130. The van der Waals surface area contributed by atoms with Crippen LogP contribution in [0.4, 0.5) is 18.9 Å². The van der Waals surface area contributed by atoms with E-state index in [0.29, 0.717) is 12.1 Å². The molecule has 0 N–H and O–H groups in total. The minimum Gasteiger partial charge on any atom is -0.415 e. The number of nitrogens with zero attached hydrogens (tertiary/aromatic N) is 4. The summed E-state index contributed by atoms with van der Waals surface area (Å²) in [7, 11) is 1.88. The summed E-state index contributed by atoms with van der Waals surface area (Å²) in [5, 5.41) is 6.78. The molecule has 2 heterocycles. The van der Waals surface area contributed by atoms with E-state index in [1.165, 1.54) is 11.6 Å². The first kappa shape index (κ1) is 25.6. The van der Waals surface area contributed by atoms with E-state index < -0.39 is 18.1 Å². The van der Waals surface area contributed by atoms with Gasteiger partial charge in [0, 0.05) is 55.0 Å². The Morgan fingerprint density at radius 2 is 1.85 bits per heavy atom. The van der Waals surface area contributed by atoms with Gasteiger partial charge in [0.15, 0.2) is 0 Å². The van der Waals surface area contributed by atoms with Crippen molar-refractivity contribution in [2.45, 2.75) is 26.3 Å². The van der Waals surface area contributed by atoms with Gasteiger partial charge in [-0.3, -0.25) is 4.79 Å². The van der Waals surface area contributed by atoms with Gasteiger partial charge in [-0.25, -0.2) is 4.39 Å². The first-order valence-corrected chi connectivity index (χ1v) is 12.0. The van der Waals surface area contributed by atoms with Crippen LogP contribution in [0.1, 0.15) is 30.4 Å². The van der Waals surface area contributed by atoms with Crippen molar-refractivity contribution in [3.05, 3.63) is 65.3 Å². The quantitative estimate of drug-likeness (QED) is 0.423. The molecule has 1 aliphatic heterocycles. The van der Waals surface area contributed by atoms with Gasteiger partial charge in [0.05, 0.1) is 0 Å². The number of benzene rings is 2. The topological polar surface area (TPSA) is 62.5 Å². The van der Waals surface area contributed by atoms with E-state index in [-0.39, 0.29) is 11.5 Å². The van der Waals surface area contributed by atoms with Gasteiger partial charge in [0.25, 0.3) is 5.89 Å². The monoisotopic (exact) mass is 492 g/mol. The van der Waals surface area contributed by atoms with E-state index in [2.05, 4.69) is 17.1 Å². The Labute approximate surface area is 201 Å². The van der Waals surface area contributed by atoms with Crippen LogP contribution in [0.3, 0.4) is 0 Å². The molecule has 2 aromatic carbocycles. The molecule has 0 aliphatic carbocycles. The molecule has 0 radical (unpaired) electrons. The van der Waals surface area contributed by atoms with Crippen molar-refractivity contribution in [1.29, 1.82) is 0 Å². The summed E-state index contributed by atoms with van der Waals surface area (Å²) in [5.74, 6) is 0.850. The molecule has 1 saturated heterocycles. The van der Waals surface area contributed by atoms with E-state index in [0.717, 1.165) is 43.1 Å². The van der Waals surface area contributed by atoms with Gasteiger partial charge in [0.1, 0.15) is 5.82 Å². The molecular formula is C24H27F3N4O2S. The lowest BCUT2D eigenvalue weighted by molar-refractivity contribution is -0.117. The molecule has 10 heteroatoms. The Morgan fingerprint density at radius 3 is 2.38 bits per heavy atom. The van der Waals surface area contributed by atoms with Gasteiger partial charge in [0.2, 0.25) is 12.3 Å². The fourth-order valence-corrected chi connectivity index (χ4v) is 4.20. The Bertz CT molecular complexity index is 1060. The van der Waals surface area contributed by atoms with Crippen molar-refractivity contribution < 1.29 is 22.4 Å². The van der Waals surface area contributed by atoms with Crippen molar-refractivity contribution in [3.8, 4) is 11.5 Å². The summed E-state index contributed by atoms with van der Waals surface area (Å²) in [6.07, 6.45) is -0.962. The summed E-state index contributed by atoms with van der Waals surface area (Å²) < 4.78 is 44.3. The van der Waals surface area contributed by atoms with Crippen LogP contribution in [-0.4, -0.2) is 53.2 Å². The third kappa shape index (κ3) is 6.99. The van der Waals surface area contributed by atoms with Crippen molar-refractivity contribution in [1.82, 2.24) is 15.1 Å². The van der Waals surface area contributed by atoms with E-state index in [9.17, 15) is 18.0 Å². The normalized spacial score (nSPS) is 13.4. The molecule has 182 valence electrons. The number of aryl methyl sites for hydroxylation is 1. The zero-order chi connectivity index (χ0) is 24.5. The highest BCUT2D eigenvalue weighted by Crippen LogP contribution is 2.26. The Kier molecular flexibility index (Phi) is 9.38. The molecule has 0 bridgehead atoms. The lowest BCUT2D eigenvalue weighted by Crippen LogP contribution is -2.30.